The summed E-state index contributed by atoms with van der Waals surface area (Å²) in [6.45, 7) is 10.4. The Kier molecular flexibility index (Phi) is 7.44. The molecule has 1 atom stereocenters. The first-order chi connectivity index (χ1) is 19.4. The Morgan fingerprint density at radius 1 is 1.05 bits per heavy atom. The predicted molar refractivity (Wildman–Crippen MR) is 160 cm³/mol. The normalized spacial score (nSPS) is 18.3. The third-order valence-electron chi connectivity index (χ3n) is 8.02. The van der Waals surface area contributed by atoms with E-state index in [0.29, 0.717) is 41.3 Å². The summed E-state index contributed by atoms with van der Waals surface area (Å²) in [5.74, 6) is -0.0159. The van der Waals surface area contributed by atoms with Gasteiger partial charge in [0.2, 0.25) is 0 Å². The Balaban J connectivity index is 1.65. The van der Waals surface area contributed by atoms with Crippen LogP contribution in [0.25, 0.3) is 0 Å². The van der Waals surface area contributed by atoms with Crippen LogP contribution in [0, 0.1) is 43.3 Å². The SMILES string of the molecule is Cc1cc(C)c(C2C(C#N)=C(N)N(c3ccc(F)cc3)C3=C2C(=O)CC(C)(C)C3)cc1COc1ccc(Cl)cc1C. The van der Waals surface area contributed by atoms with E-state index in [0.717, 1.165) is 39.3 Å². The quantitative estimate of drug-likeness (QED) is 0.337. The number of nitrogens with two attached hydrogens (primary N) is 1. The zero-order chi connectivity index (χ0) is 29.6. The number of ketones is 1. The maximum atomic E-state index is 13.9. The molecule has 1 aliphatic carbocycles. The zero-order valence-corrected chi connectivity index (χ0v) is 24.7. The van der Waals surface area contributed by atoms with Crippen molar-refractivity contribution in [2.24, 2.45) is 11.1 Å². The lowest BCUT2D eigenvalue weighted by atomic mass is 9.68. The largest absolute Gasteiger partial charge is 0.489 e. The first kappa shape index (κ1) is 28.4. The van der Waals surface area contributed by atoms with Crippen LogP contribution in [0.2, 0.25) is 5.02 Å². The number of carbonyl (C=O) groups excluding carboxylic acids is 1. The van der Waals surface area contributed by atoms with Crippen LogP contribution in [-0.2, 0) is 11.4 Å². The van der Waals surface area contributed by atoms with Crippen molar-refractivity contribution in [2.75, 3.05) is 4.90 Å². The maximum absolute atomic E-state index is 13.9. The molecule has 5 nitrogen and oxygen atoms in total. The third kappa shape index (κ3) is 5.35. The summed E-state index contributed by atoms with van der Waals surface area (Å²) in [6.07, 6.45) is 0.938. The van der Waals surface area contributed by atoms with E-state index in [1.807, 2.05) is 39.0 Å². The van der Waals surface area contributed by atoms with Crippen LogP contribution in [0.3, 0.4) is 0 Å². The molecule has 2 aliphatic rings. The molecule has 7 heteroatoms. The lowest BCUT2D eigenvalue weighted by Crippen LogP contribution is -2.42. The number of anilines is 1. The number of Topliss-reactive ketones (excluding diaryl/α,β-unsaturated/α-hetero) is 1. The van der Waals surface area contributed by atoms with Gasteiger partial charge >= 0.3 is 0 Å². The van der Waals surface area contributed by atoms with Gasteiger partial charge in [-0.1, -0.05) is 37.6 Å². The summed E-state index contributed by atoms with van der Waals surface area (Å²) < 4.78 is 20.0. The average Bonchev–Trinajstić information content (AvgIpc) is 2.89. The van der Waals surface area contributed by atoms with E-state index in [9.17, 15) is 14.4 Å². The maximum Gasteiger partial charge on any atom is 0.162 e. The molecule has 3 aromatic rings. The molecule has 1 aliphatic heterocycles. The Hall–Kier alpha value is -4.08. The molecule has 0 aromatic heterocycles. The Morgan fingerprint density at radius 3 is 2.41 bits per heavy atom. The molecule has 0 radical (unpaired) electrons. The highest BCUT2D eigenvalue weighted by Crippen LogP contribution is 2.50. The molecule has 0 amide bonds. The van der Waals surface area contributed by atoms with Crippen LogP contribution in [0.5, 0.6) is 5.75 Å². The number of allylic oxidation sites excluding steroid dienone is 3. The van der Waals surface area contributed by atoms with E-state index in [4.69, 9.17) is 22.1 Å². The summed E-state index contributed by atoms with van der Waals surface area (Å²) in [5, 5.41) is 11.1. The number of aryl methyl sites for hydroxylation is 3. The fraction of sp³-hybridized carbons (Fsp3) is 0.294. The molecule has 0 saturated heterocycles. The van der Waals surface area contributed by atoms with Crippen molar-refractivity contribution in [3.8, 4) is 11.8 Å². The topological polar surface area (TPSA) is 79.4 Å². The zero-order valence-electron chi connectivity index (χ0n) is 23.9. The summed E-state index contributed by atoms with van der Waals surface area (Å²) in [7, 11) is 0. The van der Waals surface area contributed by atoms with Crippen molar-refractivity contribution in [2.45, 2.75) is 60.0 Å². The highest BCUT2D eigenvalue weighted by Gasteiger charge is 2.45. The predicted octanol–water partition coefficient (Wildman–Crippen LogP) is 7.92. The summed E-state index contributed by atoms with van der Waals surface area (Å²) in [6, 6.07) is 17.9. The highest BCUT2D eigenvalue weighted by molar-refractivity contribution is 6.30. The number of ether oxygens (including phenoxy) is 1. The fourth-order valence-electron chi connectivity index (χ4n) is 6.02. The standard InChI is InChI=1S/C34H33ClFN3O2/c1-19-12-20(2)26(14-22(19)18-41-30-11-6-23(35)13-21(30)3)31-27(17-37)33(38)39(25-9-7-24(36)8-10-25)28-15-34(4,5)16-29(40)32(28)31/h6-14,31H,15-16,18,38H2,1-5H3. The van der Waals surface area contributed by atoms with Gasteiger partial charge in [0, 0.05) is 28.4 Å². The van der Waals surface area contributed by atoms with E-state index < -0.39 is 5.92 Å². The van der Waals surface area contributed by atoms with Crippen molar-refractivity contribution < 1.29 is 13.9 Å². The van der Waals surface area contributed by atoms with Crippen LogP contribution in [0.1, 0.15) is 60.4 Å². The number of hydrogen-bond acceptors (Lipinski definition) is 5. The van der Waals surface area contributed by atoms with E-state index in [-0.39, 0.29) is 22.8 Å². The van der Waals surface area contributed by atoms with Gasteiger partial charge in [0.25, 0.3) is 0 Å². The molecule has 0 saturated carbocycles. The Labute approximate surface area is 245 Å². The van der Waals surface area contributed by atoms with Gasteiger partial charge < -0.3 is 10.5 Å². The molecule has 1 heterocycles. The fourth-order valence-corrected chi connectivity index (χ4v) is 6.24. The number of nitrogens with zero attached hydrogens (tertiary/aromatic N) is 2. The van der Waals surface area contributed by atoms with E-state index in [2.05, 4.69) is 26.0 Å². The highest BCUT2D eigenvalue weighted by atomic mass is 35.5. The van der Waals surface area contributed by atoms with Gasteiger partial charge in [-0.2, -0.15) is 5.26 Å². The van der Waals surface area contributed by atoms with Gasteiger partial charge in [0.15, 0.2) is 5.78 Å². The van der Waals surface area contributed by atoms with E-state index in [1.165, 1.54) is 12.1 Å². The van der Waals surface area contributed by atoms with Gasteiger partial charge in [-0.3, -0.25) is 9.69 Å². The summed E-state index contributed by atoms with van der Waals surface area (Å²) >= 11 is 6.12. The monoisotopic (exact) mass is 569 g/mol. The van der Waals surface area contributed by atoms with E-state index >= 15 is 0 Å². The van der Waals surface area contributed by atoms with Crippen LogP contribution < -0.4 is 15.4 Å². The minimum Gasteiger partial charge on any atom is -0.489 e. The molecule has 5 rings (SSSR count). The van der Waals surface area contributed by atoms with Crippen molar-refractivity contribution in [3.05, 3.63) is 116 Å². The molecule has 41 heavy (non-hydrogen) atoms. The van der Waals surface area contributed by atoms with Gasteiger partial charge in [0.05, 0.1) is 17.6 Å². The third-order valence-corrected chi connectivity index (χ3v) is 8.26. The average molecular weight is 570 g/mol. The van der Waals surface area contributed by atoms with Crippen LogP contribution in [0.4, 0.5) is 10.1 Å². The Morgan fingerprint density at radius 2 is 1.76 bits per heavy atom. The number of carbonyl (C=O) groups is 1. The molecule has 0 spiro atoms. The second-order valence-corrected chi connectivity index (χ2v) is 12.2. The van der Waals surface area contributed by atoms with Gasteiger partial charge in [0.1, 0.15) is 24.0 Å². The van der Waals surface area contributed by atoms with Crippen molar-refractivity contribution in [1.82, 2.24) is 0 Å². The molecular weight excluding hydrogens is 537 g/mol. The lowest BCUT2D eigenvalue weighted by Gasteiger charge is -2.44. The van der Waals surface area contributed by atoms with Crippen LogP contribution in [0.15, 0.2) is 77.3 Å². The Bertz CT molecular complexity index is 1660. The van der Waals surface area contributed by atoms with Crippen LogP contribution in [-0.4, -0.2) is 5.78 Å². The number of rotatable bonds is 5. The molecule has 3 aromatic carbocycles. The number of halogens is 2. The minimum absolute atomic E-state index is 0.0109. The second-order valence-electron chi connectivity index (χ2n) is 11.8. The van der Waals surface area contributed by atoms with Crippen molar-refractivity contribution >= 4 is 23.1 Å². The lowest BCUT2D eigenvalue weighted by molar-refractivity contribution is -0.118. The first-order valence-electron chi connectivity index (χ1n) is 13.6. The molecule has 1 unspecified atom stereocenters. The molecule has 210 valence electrons. The molecule has 0 bridgehead atoms. The minimum atomic E-state index is -0.619. The van der Waals surface area contributed by atoms with Gasteiger partial charge in [-0.05, 0) is 103 Å². The number of hydrogen-bond donors (Lipinski definition) is 1. The molecule has 0 fully saturated rings. The summed E-state index contributed by atoms with van der Waals surface area (Å²) in [5.41, 5.74) is 13.4. The van der Waals surface area contributed by atoms with Gasteiger partial charge in [-0.25, -0.2) is 4.39 Å². The van der Waals surface area contributed by atoms with Crippen molar-refractivity contribution in [1.29, 1.82) is 5.26 Å². The van der Waals surface area contributed by atoms with Crippen LogP contribution >= 0.6 is 11.6 Å². The number of nitriles is 1. The molecule has 2 N–H and O–H groups in total. The second kappa shape index (κ2) is 10.7. The summed E-state index contributed by atoms with van der Waals surface area (Å²) in [4.78, 5) is 15.7. The number of benzene rings is 3. The van der Waals surface area contributed by atoms with Crippen molar-refractivity contribution in [3.63, 3.8) is 0 Å². The first-order valence-corrected chi connectivity index (χ1v) is 14.0. The van der Waals surface area contributed by atoms with Gasteiger partial charge in [-0.15, -0.1) is 0 Å². The van der Waals surface area contributed by atoms with E-state index in [1.54, 1.807) is 23.1 Å². The smallest absolute Gasteiger partial charge is 0.162 e. The molecular formula is C34H33ClFN3O2.